The van der Waals surface area contributed by atoms with Crippen LogP contribution in [-0.2, 0) is 0 Å². The van der Waals surface area contributed by atoms with E-state index in [-0.39, 0.29) is 22.5 Å². The summed E-state index contributed by atoms with van der Waals surface area (Å²) in [4.78, 5) is 25.0. The number of hydrogen-bond acceptors (Lipinski definition) is 9. The zero-order valence-corrected chi connectivity index (χ0v) is 14.7. The predicted molar refractivity (Wildman–Crippen MR) is 96.8 cm³/mol. The van der Waals surface area contributed by atoms with Crippen LogP contribution in [0.3, 0.4) is 0 Å². The molecule has 0 fully saturated rings. The molecule has 0 unspecified atom stereocenters. The Hall–Kier alpha value is -3.74. The SMILES string of the molecule is O=[N+]([O-])c1cc2nc(Nc3ccc(Br)cc3)c3nnnn3c2cc1[N+](=O)[O-]. The van der Waals surface area contributed by atoms with Crippen molar-refractivity contribution in [2.75, 3.05) is 5.32 Å². The van der Waals surface area contributed by atoms with Crippen LogP contribution in [-0.4, -0.2) is 34.9 Å². The highest BCUT2D eigenvalue weighted by molar-refractivity contribution is 9.10. The fraction of sp³-hybridized carbons (Fsp3) is 0. The number of anilines is 2. The molecule has 2 aromatic heterocycles. The maximum absolute atomic E-state index is 11.2. The van der Waals surface area contributed by atoms with Crippen LogP contribution in [0.4, 0.5) is 22.9 Å². The highest BCUT2D eigenvalue weighted by Gasteiger charge is 2.27. The summed E-state index contributed by atoms with van der Waals surface area (Å²) in [6, 6.07) is 9.27. The molecule has 134 valence electrons. The van der Waals surface area contributed by atoms with Crippen molar-refractivity contribution in [1.29, 1.82) is 0 Å². The number of fused-ring (bicyclic) bond motifs is 3. The molecule has 12 nitrogen and oxygen atoms in total. The Bertz CT molecular complexity index is 1220. The van der Waals surface area contributed by atoms with Gasteiger partial charge in [-0.25, -0.2) is 4.98 Å². The van der Waals surface area contributed by atoms with E-state index in [1.54, 1.807) is 12.1 Å². The van der Waals surface area contributed by atoms with Gasteiger partial charge in [-0.05, 0) is 34.7 Å². The smallest absolute Gasteiger partial charge is 0.337 e. The van der Waals surface area contributed by atoms with E-state index in [1.807, 2.05) is 12.1 Å². The van der Waals surface area contributed by atoms with Crippen molar-refractivity contribution in [2.24, 2.45) is 0 Å². The first-order chi connectivity index (χ1) is 12.9. The molecule has 13 heteroatoms. The number of aromatic nitrogens is 5. The summed E-state index contributed by atoms with van der Waals surface area (Å²) >= 11 is 3.34. The summed E-state index contributed by atoms with van der Waals surface area (Å²) in [6.45, 7) is 0. The van der Waals surface area contributed by atoms with Crippen LogP contribution in [0.15, 0.2) is 40.9 Å². The fourth-order valence-corrected chi connectivity index (χ4v) is 2.79. The van der Waals surface area contributed by atoms with E-state index in [9.17, 15) is 20.2 Å². The molecule has 4 rings (SSSR count). The van der Waals surface area contributed by atoms with E-state index in [2.05, 4.69) is 41.8 Å². The standard InChI is InChI=1S/C14H7BrN8O4/c15-7-1-3-8(4-2-7)16-13-14-18-19-20-21(14)10-6-12(23(26)27)11(22(24)25)5-9(10)17-13/h1-6H,(H,16,17). The second-order valence-corrected chi connectivity index (χ2v) is 6.27. The number of rotatable bonds is 4. The topological polar surface area (TPSA) is 154 Å². The Kier molecular flexibility index (Phi) is 3.84. The second-order valence-electron chi connectivity index (χ2n) is 5.35. The zero-order chi connectivity index (χ0) is 19.1. The molecular formula is C14H7BrN8O4. The number of tetrazole rings is 1. The molecule has 4 aromatic rings. The van der Waals surface area contributed by atoms with Gasteiger partial charge in [-0.3, -0.25) is 20.2 Å². The normalized spacial score (nSPS) is 11.0. The number of nitro benzene ring substituents is 2. The molecule has 0 atom stereocenters. The van der Waals surface area contributed by atoms with Gasteiger partial charge in [0, 0.05) is 10.2 Å². The van der Waals surface area contributed by atoms with Gasteiger partial charge in [0.1, 0.15) is 5.52 Å². The Morgan fingerprint density at radius 1 is 1.04 bits per heavy atom. The Morgan fingerprint density at radius 2 is 1.70 bits per heavy atom. The van der Waals surface area contributed by atoms with E-state index in [1.165, 1.54) is 4.52 Å². The Morgan fingerprint density at radius 3 is 2.37 bits per heavy atom. The molecule has 2 aromatic carbocycles. The van der Waals surface area contributed by atoms with E-state index >= 15 is 0 Å². The lowest BCUT2D eigenvalue weighted by Gasteiger charge is -2.08. The predicted octanol–water partition coefficient (Wildman–Crippen LogP) is 3.00. The largest absolute Gasteiger partial charge is 0.348 e. The van der Waals surface area contributed by atoms with Crippen molar-refractivity contribution >= 4 is 55.5 Å². The molecule has 0 amide bonds. The second kappa shape index (κ2) is 6.21. The molecule has 0 saturated heterocycles. The maximum Gasteiger partial charge on any atom is 0.348 e. The molecule has 2 heterocycles. The first-order valence-corrected chi connectivity index (χ1v) is 8.10. The number of nitro groups is 2. The Labute approximate surface area is 157 Å². The van der Waals surface area contributed by atoms with Gasteiger partial charge in [-0.1, -0.05) is 15.9 Å². The van der Waals surface area contributed by atoms with Crippen LogP contribution in [0.1, 0.15) is 0 Å². The minimum Gasteiger partial charge on any atom is -0.337 e. The van der Waals surface area contributed by atoms with Crippen molar-refractivity contribution in [3.05, 3.63) is 61.1 Å². The summed E-state index contributed by atoms with van der Waals surface area (Å²) in [7, 11) is 0. The van der Waals surface area contributed by atoms with Gasteiger partial charge in [0.05, 0.1) is 27.5 Å². The van der Waals surface area contributed by atoms with Gasteiger partial charge in [0.2, 0.25) is 5.65 Å². The van der Waals surface area contributed by atoms with Gasteiger partial charge in [0.15, 0.2) is 5.82 Å². The summed E-state index contributed by atoms with van der Waals surface area (Å²) in [6.07, 6.45) is 0. The molecule has 0 spiro atoms. The minimum atomic E-state index is -0.832. The highest BCUT2D eigenvalue weighted by atomic mass is 79.9. The molecular weight excluding hydrogens is 424 g/mol. The first kappa shape index (κ1) is 16.7. The van der Waals surface area contributed by atoms with E-state index in [0.29, 0.717) is 5.69 Å². The summed E-state index contributed by atoms with van der Waals surface area (Å²) in [5.74, 6) is 0.248. The molecule has 1 N–H and O–H groups in total. The van der Waals surface area contributed by atoms with Gasteiger partial charge in [-0.2, -0.15) is 4.52 Å². The molecule has 0 bridgehead atoms. The summed E-state index contributed by atoms with van der Waals surface area (Å²) < 4.78 is 2.12. The van der Waals surface area contributed by atoms with Crippen molar-refractivity contribution in [3.8, 4) is 0 Å². The van der Waals surface area contributed by atoms with Crippen molar-refractivity contribution in [3.63, 3.8) is 0 Å². The van der Waals surface area contributed by atoms with Gasteiger partial charge < -0.3 is 5.32 Å². The molecule has 0 aliphatic rings. The number of benzene rings is 2. The lowest BCUT2D eigenvalue weighted by atomic mass is 10.2. The monoisotopic (exact) mass is 430 g/mol. The van der Waals surface area contributed by atoms with Crippen molar-refractivity contribution in [1.82, 2.24) is 25.0 Å². The van der Waals surface area contributed by atoms with Crippen LogP contribution in [0.25, 0.3) is 16.7 Å². The van der Waals surface area contributed by atoms with Crippen LogP contribution >= 0.6 is 15.9 Å². The van der Waals surface area contributed by atoms with E-state index < -0.39 is 21.2 Å². The number of nitrogens with zero attached hydrogens (tertiary/aromatic N) is 7. The van der Waals surface area contributed by atoms with Crippen LogP contribution < -0.4 is 5.32 Å². The third kappa shape index (κ3) is 2.89. The van der Waals surface area contributed by atoms with E-state index in [0.717, 1.165) is 16.6 Å². The summed E-state index contributed by atoms with van der Waals surface area (Å²) in [5, 5.41) is 36.7. The molecule has 0 saturated carbocycles. The van der Waals surface area contributed by atoms with Crippen LogP contribution in [0.2, 0.25) is 0 Å². The molecule has 27 heavy (non-hydrogen) atoms. The fourth-order valence-electron chi connectivity index (χ4n) is 2.53. The number of halogens is 1. The van der Waals surface area contributed by atoms with Crippen LogP contribution in [0.5, 0.6) is 0 Å². The third-order valence-electron chi connectivity index (χ3n) is 3.71. The van der Waals surface area contributed by atoms with Gasteiger partial charge >= 0.3 is 11.4 Å². The number of nitrogens with one attached hydrogen (secondary N) is 1. The first-order valence-electron chi connectivity index (χ1n) is 7.31. The third-order valence-corrected chi connectivity index (χ3v) is 4.24. The van der Waals surface area contributed by atoms with Gasteiger partial charge in [0.25, 0.3) is 0 Å². The quantitative estimate of drug-likeness (QED) is 0.379. The highest BCUT2D eigenvalue weighted by Crippen LogP contribution is 2.32. The Balaban J connectivity index is 1.96. The van der Waals surface area contributed by atoms with E-state index in [4.69, 9.17) is 0 Å². The summed E-state index contributed by atoms with van der Waals surface area (Å²) in [5.41, 5.74) is -0.123. The lowest BCUT2D eigenvalue weighted by molar-refractivity contribution is -0.422. The maximum atomic E-state index is 11.2. The number of hydrogen-bond donors (Lipinski definition) is 1. The average molecular weight is 431 g/mol. The molecule has 0 aliphatic carbocycles. The molecule has 0 radical (unpaired) electrons. The molecule has 0 aliphatic heterocycles. The minimum absolute atomic E-state index is 0.131. The van der Waals surface area contributed by atoms with Crippen molar-refractivity contribution < 1.29 is 9.85 Å². The zero-order valence-electron chi connectivity index (χ0n) is 13.1. The van der Waals surface area contributed by atoms with Crippen molar-refractivity contribution in [2.45, 2.75) is 0 Å². The lowest BCUT2D eigenvalue weighted by Crippen LogP contribution is -2.03. The van der Waals surface area contributed by atoms with Crippen LogP contribution in [0, 0.1) is 20.2 Å². The van der Waals surface area contributed by atoms with Gasteiger partial charge in [-0.15, -0.1) is 5.10 Å². The average Bonchev–Trinajstić information content (AvgIpc) is 3.13.